The maximum Gasteiger partial charge on any atom is 0.156 e. The van der Waals surface area contributed by atoms with Gasteiger partial charge in [0.2, 0.25) is 0 Å². The van der Waals surface area contributed by atoms with Crippen LogP contribution in [0.1, 0.15) is 38.3 Å². The zero-order chi connectivity index (χ0) is 16.3. The number of nitrogens with zero attached hydrogens (tertiary/aromatic N) is 2. The van der Waals surface area contributed by atoms with Gasteiger partial charge in [-0.05, 0) is 26.7 Å². The van der Waals surface area contributed by atoms with Crippen molar-refractivity contribution < 1.29 is 15.3 Å². The molecular weight excluding hydrogens is 308 g/mol. The highest BCUT2D eigenvalue weighted by molar-refractivity contribution is 6.33. The summed E-state index contributed by atoms with van der Waals surface area (Å²) in [4.78, 5) is 11.3. The molecule has 3 heterocycles. The fourth-order valence-corrected chi connectivity index (χ4v) is 2.59. The van der Waals surface area contributed by atoms with E-state index in [2.05, 4.69) is 20.3 Å². The van der Waals surface area contributed by atoms with Gasteiger partial charge in [-0.1, -0.05) is 11.6 Å². The predicted molar refractivity (Wildman–Crippen MR) is 83.4 cm³/mol. The van der Waals surface area contributed by atoms with Gasteiger partial charge in [-0.25, -0.2) is 9.97 Å². The molecule has 2 atom stereocenters. The first-order valence-electron chi connectivity index (χ1n) is 7.08. The molecule has 2 aromatic heterocycles. The minimum Gasteiger partial charge on any atom is -0.395 e. The van der Waals surface area contributed by atoms with E-state index in [0.29, 0.717) is 5.15 Å². The third kappa shape index (κ3) is 4.37. The number of H-pyrrole nitrogens is 1. The Morgan fingerprint density at radius 2 is 2.00 bits per heavy atom. The SMILES string of the molecule is CC(C)(O)O.OCC1CCC(c2c[nH]c3c(Cl)ncnc23)N1. The van der Waals surface area contributed by atoms with Crippen LogP contribution in [0.25, 0.3) is 11.0 Å². The van der Waals surface area contributed by atoms with Crippen molar-refractivity contribution in [1.29, 1.82) is 0 Å². The van der Waals surface area contributed by atoms with Crippen LogP contribution in [0.2, 0.25) is 5.15 Å². The molecule has 2 aromatic rings. The number of rotatable bonds is 2. The lowest BCUT2D eigenvalue weighted by Crippen LogP contribution is -2.27. The fourth-order valence-electron chi connectivity index (χ4n) is 2.40. The van der Waals surface area contributed by atoms with E-state index in [-0.39, 0.29) is 18.7 Å². The predicted octanol–water partition coefficient (Wildman–Crippen LogP) is 1.10. The zero-order valence-corrected chi connectivity index (χ0v) is 13.3. The third-order valence-electron chi connectivity index (χ3n) is 3.28. The second kappa shape index (κ2) is 6.89. The molecule has 3 rings (SSSR count). The van der Waals surface area contributed by atoms with E-state index in [4.69, 9.17) is 26.9 Å². The number of halogens is 1. The quantitative estimate of drug-likeness (QED) is 0.417. The summed E-state index contributed by atoms with van der Waals surface area (Å²) in [5.41, 5.74) is 2.74. The molecule has 0 saturated carbocycles. The van der Waals surface area contributed by atoms with E-state index in [9.17, 15) is 0 Å². The summed E-state index contributed by atoms with van der Waals surface area (Å²) in [5.74, 6) is -1.50. The highest BCUT2D eigenvalue weighted by atomic mass is 35.5. The summed E-state index contributed by atoms with van der Waals surface area (Å²) in [6.07, 6.45) is 5.37. The van der Waals surface area contributed by atoms with Gasteiger partial charge in [0, 0.05) is 23.8 Å². The number of aliphatic hydroxyl groups is 3. The van der Waals surface area contributed by atoms with Crippen molar-refractivity contribution in [2.24, 2.45) is 0 Å². The van der Waals surface area contributed by atoms with Gasteiger partial charge in [-0.2, -0.15) is 0 Å². The van der Waals surface area contributed by atoms with E-state index >= 15 is 0 Å². The summed E-state index contributed by atoms with van der Waals surface area (Å²) in [5, 5.41) is 29.1. The van der Waals surface area contributed by atoms with E-state index in [0.717, 1.165) is 29.4 Å². The van der Waals surface area contributed by atoms with Gasteiger partial charge < -0.3 is 25.6 Å². The highest BCUT2D eigenvalue weighted by Crippen LogP contribution is 2.31. The Hall–Kier alpha value is -1.25. The lowest BCUT2D eigenvalue weighted by Gasteiger charge is -2.11. The van der Waals surface area contributed by atoms with Gasteiger partial charge in [-0.15, -0.1) is 0 Å². The molecule has 0 aromatic carbocycles. The standard InChI is InChI=1S/C11H13ClN4O.C3H8O2/c12-11-10-9(14-5-15-11)7(3-13-10)8-2-1-6(4-17)16-8;1-3(2,4)5/h3,5-6,8,13,16-17H,1-2,4H2;4-5H,1-2H3. The molecule has 0 spiro atoms. The molecule has 7 nitrogen and oxygen atoms in total. The van der Waals surface area contributed by atoms with Crippen LogP contribution in [0.5, 0.6) is 0 Å². The van der Waals surface area contributed by atoms with Gasteiger partial charge in [-0.3, -0.25) is 0 Å². The van der Waals surface area contributed by atoms with Crippen LogP contribution in [-0.2, 0) is 0 Å². The molecule has 22 heavy (non-hydrogen) atoms. The molecule has 5 N–H and O–H groups in total. The summed E-state index contributed by atoms with van der Waals surface area (Å²) in [6, 6.07) is 0.411. The number of aromatic nitrogens is 3. The molecule has 1 fully saturated rings. The first-order chi connectivity index (χ1) is 10.3. The lowest BCUT2D eigenvalue weighted by atomic mass is 10.1. The van der Waals surface area contributed by atoms with Crippen LogP contribution in [0.15, 0.2) is 12.5 Å². The van der Waals surface area contributed by atoms with Gasteiger partial charge in [0.05, 0.1) is 12.1 Å². The number of nitrogens with one attached hydrogen (secondary N) is 2. The molecule has 0 bridgehead atoms. The molecule has 0 radical (unpaired) electrons. The molecule has 1 aliphatic heterocycles. The maximum atomic E-state index is 9.12. The maximum absolute atomic E-state index is 9.12. The Morgan fingerprint density at radius 1 is 1.32 bits per heavy atom. The van der Waals surface area contributed by atoms with Crippen molar-refractivity contribution in [3.63, 3.8) is 0 Å². The van der Waals surface area contributed by atoms with Crippen LogP contribution in [0, 0.1) is 0 Å². The smallest absolute Gasteiger partial charge is 0.156 e. The lowest BCUT2D eigenvalue weighted by molar-refractivity contribution is -0.127. The largest absolute Gasteiger partial charge is 0.395 e. The van der Waals surface area contributed by atoms with Crippen LogP contribution >= 0.6 is 11.6 Å². The normalized spacial score (nSPS) is 21.7. The van der Waals surface area contributed by atoms with Crippen molar-refractivity contribution in [2.75, 3.05) is 6.61 Å². The van der Waals surface area contributed by atoms with Crippen LogP contribution in [0.3, 0.4) is 0 Å². The summed E-state index contributed by atoms with van der Waals surface area (Å²) >= 11 is 5.99. The molecule has 0 aliphatic carbocycles. The Labute approximate surface area is 133 Å². The van der Waals surface area contributed by atoms with E-state index in [1.807, 2.05) is 6.20 Å². The summed E-state index contributed by atoms with van der Waals surface area (Å²) in [6.45, 7) is 2.77. The van der Waals surface area contributed by atoms with Crippen molar-refractivity contribution in [3.05, 3.63) is 23.2 Å². The Balaban J connectivity index is 0.000000309. The number of hydrogen-bond donors (Lipinski definition) is 5. The Morgan fingerprint density at radius 3 is 2.59 bits per heavy atom. The first kappa shape index (κ1) is 17.1. The minimum atomic E-state index is -1.50. The number of aromatic amines is 1. The fraction of sp³-hybridized carbons (Fsp3) is 0.571. The van der Waals surface area contributed by atoms with E-state index in [1.165, 1.54) is 20.2 Å². The second-order valence-electron chi connectivity index (χ2n) is 5.80. The second-order valence-corrected chi connectivity index (χ2v) is 6.16. The average Bonchev–Trinajstić information content (AvgIpc) is 3.02. The minimum absolute atomic E-state index is 0.175. The van der Waals surface area contributed by atoms with Crippen molar-refractivity contribution in [2.45, 2.75) is 44.6 Å². The van der Waals surface area contributed by atoms with Crippen LogP contribution in [-0.4, -0.2) is 48.7 Å². The van der Waals surface area contributed by atoms with Gasteiger partial charge in [0.15, 0.2) is 10.9 Å². The summed E-state index contributed by atoms with van der Waals surface area (Å²) < 4.78 is 0. The van der Waals surface area contributed by atoms with Crippen LogP contribution in [0.4, 0.5) is 0 Å². The first-order valence-corrected chi connectivity index (χ1v) is 7.46. The Bertz CT molecular complexity index is 620. The van der Waals surface area contributed by atoms with Gasteiger partial charge >= 0.3 is 0 Å². The number of aliphatic hydroxyl groups excluding tert-OH is 1. The third-order valence-corrected chi connectivity index (χ3v) is 3.57. The molecule has 1 aliphatic rings. The van der Waals surface area contributed by atoms with Crippen molar-refractivity contribution in [3.8, 4) is 0 Å². The average molecular weight is 329 g/mol. The summed E-state index contributed by atoms with van der Waals surface area (Å²) in [7, 11) is 0. The molecule has 2 unspecified atom stereocenters. The van der Waals surface area contributed by atoms with Gasteiger partial charge in [0.25, 0.3) is 0 Å². The topological polar surface area (TPSA) is 114 Å². The highest BCUT2D eigenvalue weighted by Gasteiger charge is 2.26. The monoisotopic (exact) mass is 328 g/mol. The van der Waals surface area contributed by atoms with Crippen molar-refractivity contribution >= 4 is 22.6 Å². The number of fused-ring (bicyclic) bond motifs is 1. The van der Waals surface area contributed by atoms with Gasteiger partial charge in [0.1, 0.15) is 11.8 Å². The van der Waals surface area contributed by atoms with Crippen molar-refractivity contribution in [1.82, 2.24) is 20.3 Å². The van der Waals surface area contributed by atoms with E-state index in [1.54, 1.807) is 0 Å². The molecular formula is C14H21ClN4O3. The van der Waals surface area contributed by atoms with E-state index < -0.39 is 5.79 Å². The zero-order valence-electron chi connectivity index (χ0n) is 12.5. The molecule has 8 heteroatoms. The van der Waals surface area contributed by atoms with Crippen LogP contribution < -0.4 is 5.32 Å². The molecule has 0 amide bonds. The Kier molecular flexibility index (Phi) is 5.36. The molecule has 1 saturated heterocycles. The molecule has 122 valence electrons. The number of hydrogen-bond acceptors (Lipinski definition) is 6.